The van der Waals surface area contributed by atoms with E-state index in [1.54, 1.807) is 6.92 Å². The number of hydrogen-bond acceptors (Lipinski definition) is 6. The van der Waals surface area contributed by atoms with E-state index in [1.807, 2.05) is 0 Å². The SMILES string of the molecule is COC(=O)C1=C(C)N(c2ccc(F)cc2)C(=O)/C1=C/c1ccc(CNC(=O)C(=O)Nc2cc(Cl)cc(Cl)c2)o1. The van der Waals surface area contributed by atoms with Crippen LogP contribution < -0.4 is 15.5 Å². The number of hydrogen-bond donors (Lipinski definition) is 2. The van der Waals surface area contributed by atoms with Crippen molar-refractivity contribution in [1.29, 1.82) is 0 Å². The molecule has 2 N–H and O–H groups in total. The number of methoxy groups -OCH3 is 1. The van der Waals surface area contributed by atoms with Gasteiger partial charge in [-0.3, -0.25) is 19.3 Å². The van der Waals surface area contributed by atoms with Gasteiger partial charge in [-0.2, -0.15) is 0 Å². The van der Waals surface area contributed by atoms with E-state index in [1.165, 1.54) is 72.7 Å². The summed E-state index contributed by atoms with van der Waals surface area (Å²) >= 11 is 11.8. The number of carbonyl (C=O) groups excluding carboxylic acids is 4. The third kappa shape index (κ3) is 6.19. The van der Waals surface area contributed by atoms with E-state index in [9.17, 15) is 23.6 Å². The molecule has 3 amide bonds. The third-order valence-corrected chi connectivity index (χ3v) is 6.03. The Morgan fingerprint density at radius 1 is 1.03 bits per heavy atom. The number of rotatable bonds is 6. The molecule has 3 aromatic rings. The summed E-state index contributed by atoms with van der Waals surface area (Å²) in [6, 6.07) is 12.6. The molecule has 2 heterocycles. The first-order valence-electron chi connectivity index (χ1n) is 11.3. The lowest BCUT2D eigenvalue weighted by Gasteiger charge is -2.17. The van der Waals surface area contributed by atoms with E-state index in [0.29, 0.717) is 11.4 Å². The molecule has 0 spiro atoms. The predicted molar refractivity (Wildman–Crippen MR) is 142 cm³/mol. The van der Waals surface area contributed by atoms with Crippen LogP contribution in [0.2, 0.25) is 10.0 Å². The first-order chi connectivity index (χ1) is 18.6. The van der Waals surface area contributed by atoms with E-state index < -0.39 is 29.5 Å². The quantitative estimate of drug-likeness (QED) is 0.248. The van der Waals surface area contributed by atoms with Crippen LogP contribution in [0.25, 0.3) is 6.08 Å². The monoisotopic (exact) mass is 571 g/mol. The maximum Gasteiger partial charge on any atom is 0.340 e. The zero-order chi connectivity index (χ0) is 28.3. The number of nitrogens with one attached hydrogen (secondary N) is 2. The molecule has 0 saturated carbocycles. The van der Waals surface area contributed by atoms with Gasteiger partial charge in [-0.15, -0.1) is 0 Å². The van der Waals surface area contributed by atoms with Gasteiger partial charge in [-0.05, 0) is 67.6 Å². The molecule has 0 atom stereocenters. The Balaban J connectivity index is 1.48. The summed E-state index contributed by atoms with van der Waals surface area (Å²) in [5.74, 6) is -3.15. The Morgan fingerprint density at radius 3 is 2.33 bits per heavy atom. The number of furan rings is 1. The molecule has 0 fully saturated rings. The predicted octanol–water partition coefficient (Wildman–Crippen LogP) is 4.86. The summed E-state index contributed by atoms with van der Waals surface area (Å²) in [7, 11) is 1.19. The van der Waals surface area contributed by atoms with E-state index in [4.69, 9.17) is 32.4 Å². The molecule has 1 aliphatic rings. The highest BCUT2D eigenvalue weighted by Crippen LogP contribution is 2.35. The fraction of sp³-hybridized carbons (Fsp3) is 0.111. The van der Waals surface area contributed by atoms with Crippen LogP contribution in [0.4, 0.5) is 15.8 Å². The van der Waals surface area contributed by atoms with Gasteiger partial charge in [0.1, 0.15) is 17.3 Å². The fourth-order valence-corrected chi connectivity index (χ4v) is 4.38. The first-order valence-corrected chi connectivity index (χ1v) is 12.1. The minimum Gasteiger partial charge on any atom is -0.465 e. The Labute approximate surface area is 231 Å². The number of anilines is 2. The largest absolute Gasteiger partial charge is 0.465 e. The van der Waals surface area contributed by atoms with Crippen LogP contribution in [0.5, 0.6) is 0 Å². The molecule has 2 aromatic carbocycles. The third-order valence-electron chi connectivity index (χ3n) is 5.59. The molecule has 0 unspecified atom stereocenters. The highest BCUT2D eigenvalue weighted by atomic mass is 35.5. The molecule has 0 radical (unpaired) electrons. The second-order valence-electron chi connectivity index (χ2n) is 8.23. The van der Waals surface area contributed by atoms with Crippen LogP contribution in [-0.2, 0) is 30.5 Å². The van der Waals surface area contributed by atoms with Crippen LogP contribution in [0.3, 0.4) is 0 Å². The lowest BCUT2D eigenvalue weighted by atomic mass is 10.1. The topological polar surface area (TPSA) is 118 Å². The number of allylic oxidation sites excluding steroid dienone is 1. The summed E-state index contributed by atoms with van der Waals surface area (Å²) in [4.78, 5) is 51.5. The second kappa shape index (κ2) is 11.5. The van der Waals surface area contributed by atoms with Crippen molar-refractivity contribution in [2.24, 2.45) is 0 Å². The zero-order valence-electron chi connectivity index (χ0n) is 20.5. The average molecular weight is 572 g/mol. The number of carbonyl (C=O) groups is 4. The van der Waals surface area contributed by atoms with Crippen LogP contribution >= 0.6 is 23.2 Å². The van der Waals surface area contributed by atoms with Crippen molar-refractivity contribution in [3.8, 4) is 0 Å². The van der Waals surface area contributed by atoms with Crippen LogP contribution in [0, 0.1) is 5.82 Å². The van der Waals surface area contributed by atoms with Crippen molar-refractivity contribution >= 4 is 64.3 Å². The Kier molecular flexibility index (Phi) is 8.18. The molecular formula is C27H20Cl2FN3O6. The normalized spacial score (nSPS) is 14.1. The molecule has 0 bridgehead atoms. The smallest absolute Gasteiger partial charge is 0.340 e. The van der Waals surface area contributed by atoms with Crippen LogP contribution in [0.1, 0.15) is 18.4 Å². The molecule has 9 nitrogen and oxygen atoms in total. The number of nitrogens with zero attached hydrogens (tertiary/aromatic N) is 1. The molecule has 0 saturated heterocycles. The Hall–Kier alpha value is -4.41. The van der Waals surface area contributed by atoms with Crippen molar-refractivity contribution in [1.82, 2.24) is 5.32 Å². The maximum atomic E-state index is 13.4. The Morgan fingerprint density at radius 2 is 1.69 bits per heavy atom. The highest BCUT2D eigenvalue weighted by Gasteiger charge is 2.38. The van der Waals surface area contributed by atoms with Gasteiger partial charge in [0.15, 0.2) is 0 Å². The molecule has 39 heavy (non-hydrogen) atoms. The van der Waals surface area contributed by atoms with Crippen LogP contribution in [0.15, 0.2) is 75.9 Å². The second-order valence-corrected chi connectivity index (χ2v) is 9.10. The highest BCUT2D eigenvalue weighted by molar-refractivity contribution is 6.40. The maximum absolute atomic E-state index is 13.4. The summed E-state index contributed by atoms with van der Waals surface area (Å²) < 4.78 is 23.9. The first kappa shape index (κ1) is 27.6. The van der Waals surface area contributed by atoms with Crippen molar-refractivity contribution in [3.05, 3.63) is 98.8 Å². The minimum absolute atomic E-state index is 0.00757. The molecule has 200 valence electrons. The molecular weight excluding hydrogens is 552 g/mol. The van der Waals surface area contributed by atoms with Gasteiger partial charge in [0.2, 0.25) is 0 Å². The molecule has 1 aromatic heterocycles. The van der Waals surface area contributed by atoms with Gasteiger partial charge in [0, 0.05) is 27.1 Å². The molecule has 4 rings (SSSR count). The van der Waals surface area contributed by atoms with Crippen molar-refractivity contribution in [3.63, 3.8) is 0 Å². The van der Waals surface area contributed by atoms with E-state index in [0.717, 1.165) is 0 Å². The van der Waals surface area contributed by atoms with E-state index in [-0.39, 0.29) is 44.9 Å². The lowest BCUT2D eigenvalue weighted by Crippen LogP contribution is -2.34. The minimum atomic E-state index is -0.942. The van der Waals surface area contributed by atoms with E-state index in [2.05, 4.69) is 10.6 Å². The molecule has 0 aliphatic carbocycles. The summed E-state index contributed by atoms with van der Waals surface area (Å²) in [5.41, 5.74) is 0.949. The Bertz CT molecular complexity index is 1520. The summed E-state index contributed by atoms with van der Waals surface area (Å²) in [6.07, 6.45) is 1.36. The van der Waals surface area contributed by atoms with Gasteiger partial charge < -0.3 is 19.8 Å². The summed E-state index contributed by atoms with van der Waals surface area (Å²) in [6.45, 7) is 1.43. The van der Waals surface area contributed by atoms with Gasteiger partial charge in [-0.1, -0.05) is 23.2 Å². The number of halogens is 3. The van der Waals surface area contributed by atoms with Gasteiger partial charge in [-0.25, -0.2) is 9.18 Å². The number of benzene rings is 2. The van der Waals surface area contributed by atoms with Gasteiger partial charge >= 0.3 is 17.8 Å². The molecule has 1 aliphatic heterocycles. The standard InChI is InChI=1S/C27H20Cl2FN3O6/c1-14-23(27(37)38-2)22(26(36)33(14)19-5-3-17(30)4-6-19)12-20-7-8-21(39-20)13-31-24(34)25(35)32-18-10-15(28)9-16(29)11-18/h3-12H,13H2,1-2H3,(H,31,34)(H,32,35)/b22-12+. The summed E-state index contributed by atoms with van der Waals surface area (Å²) in [5, 5.41) is 5.39. The van der Waals surface area contributed by atoms with Crippen molar-refractivity contribution in [2.75, 3.05) is 17.3 Å². The van der Waals surface area contributed by atoms with E-state index >= 15 is 0 Å². The number of ether oxygens (including phenoxy) is 1. The van der Waals surface area contributed by atoms with Crippen LogP contribution in [-0.4, -0.2) is 30.8 Å². The zero-order valence-corrected chi connectivity index (χ0v) is 22.0. The van der Waals surface area contributed by atoms with Gasteiger partial charge in [0.05, 0.1) is 24.8 Å². The fourth-order valence-electron chi connectivity index (χ4n) is 3.85. The average Bonchev–Trinajstić information content (AvgIpc) is 3.43. The number of amides is 3. The molecule has 12 heteroatoms. The van der Waals surface area contributed by atoms with Crippen molar-refractivity contribution < 1.29 is 32.7 Å². The van der Waals surface area contributed by atoms with Gasteiger partial charge in [0.25, 0.3) is 5.91 Å². The van der Waals surface area contributed by atoms with Crippen molar-refractivity contribution in [2.45, 2.75) is 13.5 Å². The number of esters is 1. The lowest BCUT2D eigenvalue weighted by molar-refractivity contribution is -0.136.